The molecule has 2 aromatic carbocycles. The maximum atomic E-state index is 12.9. The zero-order chi connectivity index (χ0) is 18.9. The maximum absolute atomic E-state index is 12.9. The molecule has 0 saturated heterocycles. The molecular weight excluding hydrogens is 374 g/mol. The molecule has 0 bridgehead atoms. The third kappa shape index (κ3) is 3.17. The Morgan fingerprint density at radius 3 is 2.42 bits per heavy atom. The molecule has 0 aliphatic carbocycles. The van der Waals surface area contributed by atoms with Gasteiger partial charge in [0.1, 0.15) is 11.0 Å². The van der Waals surface area contributed by atoms with E-state index in [-0.39, 0.29) is 27.4 Å². The van der Waals surface area contributed by atoms with Crippen molar-refractivity contribution in [1.82, 2.24) is 4.98 Å². The zero-order valence-electron chi connectivity index (χ0n) is 14.0. The highest BCUT2D eigenvalue weighted by molar-refractivity contribution is 7.92. The Hall–Kier alpha value is -2.82. The zero-order valence-corrected chi connectivity index (χ0v) is 15.5. The van der Waals surface area contributed by atoms with Gasteiger partial charge in [-0.05, 0) is 31.2 Å². The van der Waals surface area contributed by atoms with Gasteiger partial charge in [0, 0.05) is 12.6 Å². The number of hydrogen-bond donors (Lipinski definition) is 0. The minimum Gasteiger partial charge on any atom is -0.418 e. The van der Waals surface area contributed by atoms with Crippen molar-refractivity contribution in [3.63, 3.8) is 0 Å². The van der Waals surface area contributed by atoms with E-state index in [1.165, 1.54) is 19.2 Å². The van der Waals surface area contributed by atoms with Crippen molar-refractivity contribution in [1.29, 1.82) is 5.26 Å². The molecule has 0 aliphatic heterocycles. The fourth-order valence-electron chi connectivity index (χ4n) is 2.33. The summed E-state index contributed by atoms with van der Waals surface area (Å²) in [5, 5.41) is 9.42. The molecule has 0 saturated carbocycles. The van der Waals surface area contributed by atoms with Gasteiger partial charge in [-0.2, -0.15) is 10.2 Å². The van der Waals surface area contributed by atoms with Gasteiger partial charge in [0.25, 0.3) is 10.0 Å². The smallest absolute Gasteiger partial charge is 0.267 e. The number of rotatable bonds is 4. The summed E-state index contributed by atoms with van der Waals surface area (Å²) in [6, 6.07) is 15.2. The van der Waals surface area contributed by atoms with Crippen LogP contribution in [0.15, 0.2) is 57.8 Å². The highest BCUT2D eigenvalue weighted by Gasteiger charge is 2.29. The summed E-state index contributed by atoms with van der Waals surface area (Å²) >= 11 is 6.01. The number of aryl methyl sites for hydroxylation is 1. The Morgan fingerprint density at radius 2 is 1.81 bits per heavy atom. The Labute approximate surface area is 156 Å². The number of hydrogen-bond acceptors (Lipinski definition) is 5. The van der Waals surface area contributed by atoms with Crippen molar-refractivity contribution >= 4 is 27.5 Å². The SMILES string of the molecule is Cc1ccc(-c2nc(C#N)c(N(C)S(=O)(=O)c3ccccc3Cl)o2)cc1. The van der Waals surface area contributed by atoms with Gasteiger partial charge >= 0.3 is 0 Å². The maximum Gasteiger partial charge on any atom is 0.267 e. The lowest BCUT2D eigenvalue weighted by Crippen LogP contribution is -2.27. The van der Waals surface area contributed by atoms with Crippen molar-refractivity contribution in [2.45, 2.75) is 11.8 Å². The van der Waals surface area contributed by atoms with Crippen LogP contribution in [-0.4, -0.2) is 20.4 Å². The lowest BCUT2D eigenvalue weighted by atomic mass is 10.1. The van der Waals surface area contributed by atoms with Crippen molar-refractivity contribution < 1.29 is 12.8 Å². The van der Waals surface area contributed by atoms with Gasteiger partial charge in [-0.1, -0.05) is 41.4 Å². The van der Waals surface area contributed by atoms with E-state index in [1.807, 2.05) is 25.1 Å². The Morgan fingerprint density at radius 1 is 1.15 bits per heavy atom. The number of nitrogens with zero attached hydrogens (tertiary/aromatic N) is 3. The second-order valence-electron chi connectivity index (χ2n) is 5.55. The predicted octanol–water partition coefficient (Wildman–Crippen LogP) is 4.00. The van der Waals surface area contributed by atoms with Gasteiger partial charge in [0.15, 0.2) is 0 Å². The highest BCUT2D eigenvalue weighted by atomic mass is 35.5. The molecule has 132 valence electrons. The molecule has 6 nitrogen and oxygen atoms in total. The monoisotopic (exact) mass is 387 g/mol. The molecular formula is C18H14ClN3O3S. The average Bonchev–Trinajstić information content (AvgIpc) is 3.06. The molecule has 0 radical (unpaired) electrons. The molecule has 3 rings (SSSR count). The normalized spacial score (nSPS) is 11.2. The Bertz CT molecular complexity index is 1100. The standard InChI is InChI=1S/C18H14ClN3O3S/c1-12-7-9-13(10-8-12)17-21-15(11-20)18(25-17)22(2)26(23,24)16-6-4-3-5-14(16)19/h3-10H,1-2H3. The van der Waals surface area contributed by atoms with Crippen LogP contribution in [0.2, 0.25) is 5.02 Å². The summed E-state index contributed by atoms with van der Waals surface area (Å²) in [4.78, 5) is 4.03. The summed E-state index contributed by atoms with van der Waals surface area (Å²) in [7, 11) is -2.72. The van der Waals surface area contributed by atoms with E-state index in [0.29, 0.717) is 5.56 Å². The third-order valence-electron chi connectivity index (χ3n) is 3.77. The van der Waals surface area contributed by atoms with Crippen LogP contribution in [0.25, 0.3) is 11.5 Å². The van der Waals surface area contributed by atoms with Crippen LogP contribution < -0.4 is 4.31 Å². The van der Waals surface area contributed by atoms with E-state index < -0.39 is 10.0 Å². The Balaban J connectivity index is 2.08. The number of benzene rings is 2. The summed E-state index contributed by atoms with van der Waals surface area (Å²) in [6.07, 6.45) is 0. The number of halogens is 1. The summed E-state index contributed by atoms with van der Waals surface area (Å²) in [5.74, 6) is 0.000698. The van der Waals surface area contributed by atoms with E-state index in [1.54, 1.807) is 24.3 Å². The molecule has 0 N–H and O–H groups in total. The van der Waals surface area contributed by atoms with Gasteiger partial charge in [0.05, 0.1) is 5.02 Å². The second-order valence-corrected chi connectivity index (χ2v) is 7.90. The summed E-state index contributed by atoms with van der Waals surface area (Å²) in [5.41, 5.74) is 1.57. The first kappa shape index (κ1) is 18.0. The van der Waals surface area contributed by atoms with E-state index in [9.17, 15) is 13.7 Å². The topological polar surface area (TPSA) is 87.2 Å². The van der Waals surface area contributed by atoms with Gasteiger partial charge in [0.2, 0.25) is 17.5 Å². The van der Waals surface area contributed by atoms with Crippen LogP contribution in [0.5, 0.6) is 0 Å². The third-order valence-corrected chi connectivity index (χ3v) is 6.02. The number of nitriles is 1. The van der Waals surface area contributed by atoms with Crippen molar-refractivity contribution in [3.8, 4) is 17.5 Å². The average molecular weight is 388 g/mol. The first-order valence-corrected chi connectivity index (χ1v) is 9.38. The van der Waals surface area contributed by atoms with Gasteiger partial charge in [-0.25, -0.2) is 12.7 Å². The second kappa shape index (κ2) is 6.83. The van der Waals surface area contributed by atoms with Gasteiger partial charge in [-0.3, -0.25) is 0 Å². The summed E-state index contributed by atoms with van der Waals surface area (Å²) in [6.45, 7) is 1.94. The molecule has 0 fully saturated rings. The van der Waals surface area contributed by atoms with E-state index in [4.69, 9.17) is 16.0 Å². The number of oxazole rings is 1. The number of aromatic nitrogens is 1. The van der Waals surface area contributed by atoms with Crippen LogP contribution in [-0.2, 0) is 10.0 Å². The minimum atomic E-state index is -4.01. The van der Waals surface area contributed by atoms with E-state index >= 15 is 0 Å². The van der Waals surface area contributed by atoms with Crippen LogP contribution >= 0.6 is 11.6 Å². The first-order valence-electron chi connectivity index (χ1n) is 7.56. The van der Waals surface area contributed by atoms with Crippen molar-refractivity contribution in [3.05, 3.63) is 64.8 Å². The molecule has 0 atom stereocenters. The molecule has 1 heterocycles. The number of anilines is 1. The van der Waals surface area contributed by atoms with Crippen molar-refractivity contribution in [2.24, 2.45) is 0 Å². The lowest BCUT2D eigenvalue weighted by Gasteiger charge is -2.17. The molecule has 0 aliphatic rings. The van der Waals surface area contributed by atoms with Gasteiger partial charge in [-0.15, -0.1) is 0 Å². The molecule has 0 spiro atoms. The quantitative estimate of drug-likeness (QED) is 0.675. The van der Waals surface area contributed by atoms with E-state index in [0.717, 1.165) is 9.87 Å². The predicted molar refractivity (Wildman–Crippen MR) is 98.4 cm³/mol. The molecule has 1 aromatic heterocycles. The van der Waals surface area contributed by atoms with Crippen LogP contribution in [0, 0.1) is 18.3 Å². The van der Waals surface area contributed by atoms with Crippen molar-refractivity contribution in [2.75, 3.05) is 11.4 Å². The minimum absolute atomic E-state index is 0.0798. The Kier molecular flexibility index (Phi) is 4.72. The van der Waals surface area contributed by atoms with Crippen LogP contribution in [0.3, 0.4) is 0 Å². The molecule has 0 unspecified atom stereocenters. The molecule has 0 amide bonds. The fraction of sp³-hybridized carbons (Fsp3) is 0.111. The molecule has 3 aromatic rings. The summed E-state index contributed by atoms with van der Waals surface area (Å²) < 4.78 is 32.2. The fourth-order valence-corrected chi connectivity index (χ4v) is 3.96. The van der Waals surface area contributed by atoms with Crippen LogP contribution in [0.4, 0.5) is 5.88 Å². The highest BCUT2D eigenvalue weighted by Crippen LogP contribution is 2.32. The molecule has 26 heavy (non-hydrogen) atoms. The number of sulfonamides is 1. The van der Waals surface area contributed by atoms with E-state index in [2.05, 4.69) is 4.98 Å². The lowest BCUT2D eigenvalue weighted by molar-refractivity contribution is 0.563. The molecule has 8 heteroatoms. The van der Waals surface area contributed by atoms with Crippen LogP contribution in [0.1, 0.15) is 11.3 Å². The first-order chi connectivity index (χ1) is 12.3. The largest absolute Gasteiger partial charge is 0.418 e. The van der Waals surface area contributed by atoms with Gasteiger partial charge < -0.3 is 4.42 Å².